The van der Waals surface area contributed by atoms with Gasteiger partial charge in [-0.05, 0) is 17.9 Å². The van der Waals surface area contributed by atoms with E-state index in [1.165, 1.54) is 17.6 Å². The molecule has 0 unspecified atom stereocenters. The van der Waals surface area contributed by atoms with E-state index in [1.54, 1.807) is 17.0 Å². The molecule has 2 aromatic rings. The molecule has 118 valence electrons. The lowest BCUT2D eigenvalue weighted by atomic mass is 10.2. The van der Waals surface area contributed by atoms with Crippen LogP contribution in [-0.4, -0.2) is 35.0 Å². The fraction of sp³-hybridized carbons (Fsp3) is 0.400. The number of hydrogen-bond acceptors (Lipinski definition) is 5. The monoisotopic (exact) mass is 321 g/mol. The van der Waals surface area contributed by atoms with Crippen molar-refractivity contribution in [1.29, 1.82) is 0 Å². The summed E-state index contributed by atoms with van der Waals surface area (Å²) in [5, 5.41) is 8.09. The Morgan fingerprint density at radius 1 is 1.36 bits per heavy atom. The Bertz CT molecular complexity index is 581. The summed E-state index contributed by atoms with van der Waals surface area (Å²) in [6.45, 7) is 2.67. The molecule has 2 heterocycles. The maximum atomic E-state index is 12.5. The van der Waals surface area contributed by atoms with Gasteiger partial charge in [-0.3, -0.25) is 9.59 Å². The Labute approximate surface area is 133 Å². The van der Waals surface area contributed by atoms with E-state index in [0.29, 0.717) is 17.2 Å². The number of nitrogens with one attached hydrogen (secondary N) is 1. The Balaban J connectivity index is 1.97. The molecule has 2 amide bonds. The Morgan fingerprint density at radius 3 is 2.86 bits per heavy atom. The van der Waals surface area contributed by atoms with Gasteiger partial charge < -0.3 is 14.7 Å². The van der Waals surface area contributed by atoms with Gasteiger partial charge in [-0.15, -0.1) is 11.3 Å². The zero-order valence-corrected chi connectivity index (χ0v) is 13.3. The number of hydrogen-bond donors (Lipinski definition) is 1. The average molecular weight is 321 g/mol. The molecule has 2 aromatic heterocycles. The van der Waals surface area contributed by atoms with Crippen LogP contribution in [0.25, 0.3) is 0 Å². The van der Waals surface area contributed by atoms with Crippen LogP contribution in [0.2, 0.25) is 0 Å². The van der Waals surface area contributed by atoms with Gasteiger partial charge in [-0.25, -0.2) is 0 Å². The fourth-order valence-electron chi connectivity index (χ4n) is 1.99. The molecule has 0 saturated heterocycles. The summed E-state index contributed by atoms with van der Waals surface area (Å²) >= 11 is 1.38. The van der Waals surface area contributed by atoms with E-state index in [4.69, 9.17) is 0 Å². The van der Waals surface area contributed by atoms with Gasteiger partial charge >= 0.3 is 0 Å². The minimum Gasteiger partial charge on any atom is -0.363 e. The van der Waals surface area contributed by atoms with E-state index < -0.39 is 0 Å². The molecular formula is C15H19N3O3S. The van der Waals surface area contributed by atoms with Crippen molar-refractivity contribution in [2.45, 2.75) is 26.2 Å². The fourth-order valence-corrected chi connectivity index (χ4v) is 2.68. The molecule has 1 N–H and O–H groups in total. The Hall–Kier alpha value is -2.15. The molecular weight excluding hydrogens is 302 g/mol. The van der Waals surface area contributed by atoms with Gasteiger partial charge in [0.2, 0.25) is 5.91 Å². The first-order chi connectivity index (χ1) is 10.7. The highest BCUT2D eigenvalue weighted by atomic mass is 32.1. The summed E-state index contributed by atoms with van der Waals surface area (Å²) in [6.07, 6.45) is 4.35. The van der Waals surface area contributed by atoms with Crippen LogP contribution < -0.4 is 5.32 Å². The lowest BCUT2D eigenvalue weighted by Crippen LogP contribution is -2.38. The van der Waals surface area contributed by atoms with Crippen molar-refractivity contribution in [2.75, 3.05) is 18.4 Å². The number of nitrogens with zero attached hydrogens (tertiary/aromatic N) is 2. The molecule has 0 spiro atoms. The number of amides is 2. The van der Waals surface area contributed by atoms with Crippen LogP contribution in [0.1, 0.15) is 35.9 Å². The predicted molar refractivity (Wildman–Crippen MR) is 84.9 cm³/mol. The number of rotatable bonds is 8. The van der Waals surface area contributed by atoms with Gasteiger partial charge in [-0.1, -0.05) is 31.0 Å². The highest BCUT2D eigenvalue weighted by Crippen LogP contribution is 2.13. The highest BCUT2D eigenvalue weighted by Gasteiger charge is 2.19. The molecule has 0 atom stereocenters. The maximum Gasteiger partial charge on any atom is 0.264 e. The third kappa shape index (κ3) is 4.70. The van der Waals surface area contributed by atoms with E-state index in [2.05, 4.69) is 21.9 Å². The lowest BCUT2D eigenvalue weighted by molar-refractivity contribution is -0.116. The zero-order valence-electron chi connectivity index (χ0n) is 12.4. The van der Waals surface area contributed by atoms with Crippen molar-refractivity contribution < 1.29 is 14.1 Å². The second kappa shape index (κ2) is 8.33. The molecule has 7 heteroatoms. The van der Waals surface area contributed by atoms with Crippen LogP contribution in [0.5, 0.6) is 0 Å². The van der Waals surface area contributed by atoms with Gasteiger partial charge in [0, 0.05) is 12.6 Å². The van der Waals surface area contributed by atoms with E-state index in [0.717, 1.165) is 19.3 Å². The van der Waals surface area contributed by atoms with E-state index in [-0.39, 0.29) is 18.4 Å². The second-order valence-electron chi connectivity index (χ2n) is 4.84. The lowest BCUT2D eigenvalue weighted by Gasteiger charge is -2.21. The van der Waals surface area contributed by atoms with Crippen molar-refractivity contribution in [3.8, 4) is 0 Å². The summed E-state index contributed by atoms with van der Waals surface area (Å²) in [7, 11) is 0. The maximum absolute atomic E-state index is 12.5. The molecule has 22 heavy (non-hydrogen) atoms. The molecule has 6 nitrogen and oxygen atoms in total. The molecule has 0 fully saturated rings. The molecule has 0 radical (unpaired) electrons. The highest BCUT2D eigenvalue weighted by molar-refractivity contribution is 7.12. The average Bonchev–Trinajstić information content (AvgIpc) is 3.18. The van der Waals surface area contributed by atoms with Crippen LogP contribution in [0, 0.1) is 0 Å². The number of carbonyl (C=O) groups is 2. The number of thiophene rings is 1. The van der Waals surface area contributed by atoms with Gasteiger partial charge in [0.25, 0.3) is 5.91 Å². The summed E-state index contributed by atoms with van der Waals surface area (Å²) in [6, 6.07) is 5.16. The standard InChI is InChI=1S/C15H19N3O3S/c1-2-3-4-8-18(15(20)12-6-5-10-22-12)11-14(19)16-13-7-9-21-17-13/h5-7,9-10H,2-4,8,11H2,1H3,(H,16,17,19). The first-order valence-electron chi connectivity index (χ1n) is 7.23. The summed E-state index contributed by atoms with van der Waals surface area (Å²) in [5.74, 6) is -0.0428. The van der Waals surface area contributed by atoms with Crippen molar-refractivity contribution >= 4 is 29.0 Å². The minimum atomic E-state index is -0.282. The van der Waals surface area contributed by atoms with Gasteiger partial charge in [-0.2, -0.15) is 0 Å². The van der Waals surface area contributed by atoms with Crippen molar-refractivity contribution in [3.05, 3.63) is 34.7 Å². The summed E-state index contributed by atoms with van der Waals surface area (Å²) in [4.78, 5) is 26.7. The number of unbranched alkanes of at least 4 members (excludes halogenated alkanes) is 2. The molecule has 0 saturated carbocycles. The first-order valence-corrected chi connectivity index (χ1v) is 8.11. The number of aromatic nitrogens is 1. The Morgan fingerprint density at radius 2 is 2.23 bits per heavy atom. The second-order valence-corrected chi connectivity index (χ2v) is 5.79. The van der Waals surface area contributed by atoms with Crippen LogP contribution in [0.4, 0.5) is 5.82 Å². The zero-order chi connectivity index (χ0) is 15.8. The molecule has 0 bridgehead atoms. The normalized spacial score (nSPS) is 10.4. The van der Waals surface area contributed by atoms with Crippen LogP contribution >= 0.6 is 11.3 Å². The SMILES string of the molecule is CCCCCN(CC(=O)Nc1ccon1)C(=O)c1cccs1. The smallest absolute Gasteiger partial charge is 0.264 e. The number of anilines is 1. The predicted octanol–water partition coefficient (Wildman–Crippen LogP) is 3.01. The van der Waals surface area contributed by atoms with Crippen molar-refractivity contribution in [2.24, 2.45) is 0 Å². The van der Waals surface area contributed by atoms with Gasteiger partial charge in [0.05, 0.1) is 4.88 Å². The molecule has 0 aliphatic carbocycles. The third-order valence-corrected chi connectivity index (χ3v) is 3.95. The van der Waals surface area contributed by atoms with Crippen LogP contribution in [0.15, 0.2) is 34.4 Å². The van der Waals surface area contributed by atoms with Crippen molar-refractivity contribution in [1.82, 2.24) is 10.1 Å². The molecule has 0 aliphatic heterocycles. The quantitative estimate of drug-likeness (QED) is 0.758. The summed E-state index contributed by atoms with van der Waals surface area (Å²) in [5.41, 5.74) is 0. The molecule has 0 aliphatic rings. The third-order valence-electron chi connectivity index (χ3n) is 3.09. The first kappa shape index (κ1) is 16.2. The number of carbonyl (C=O) groups excluding carboxylic acids is 2. The largest absolute Gasteiger partial charge is 0.363 e. The van der Waals surface area contributed by atoms with Crippen molar-refractivity contribution in [3.63, 3.8) is 0 Å². The topological polar surface area (TPSA) is 75.4 Å². The summed E-state index contributed by atoms with van der Waals surface area (Å²) < 4.78 is 4.66. The minimum absolute atomic E-state index is 0.00725. The Kier molecular flexibility index (Phi) is 6.14. The van der Waals surface area contributed by atoms with Crippen LogP contribution in [0.3, 0.4) is 0 Å². The molecule has 2 rings (SSSR count). The molecule has 0 aromatic carbocycles. The van der Waals surface area contributed by atoms with Gasteiger partial charge in [0.15, 0.2) is 5.82 Å². The van der Waals surface area contributed by atoms with E-state index in [1.807, 2.05) is 11.4 Å². The van der Waals surface area contributed by atoms with E-state index in [9.17, 15) is 9.59 Å². The van der Waals surface area contributed by atoms with Gasteiger partial charge in [0.1, 0.15) is 12.8 Å². The van der Waals surface area contributed by atoms with E-state index >= 15 is 0 Å². The van der Waals surface area contributed by atoms with Crippen LogP contribution in [-0.2, 0) is 4.79 Å².